The highest BCUT2D eigenvalue weighted by Crippen LogP contribution is 2.24. The van der Waals surface area contributed by atoms with E-state index in [0.29, 0.717) is 38.6 Å². The Balaban J connectivity index is 1.74. The largest absolute Gasteiger partial charge is 0.488 e. The van der Waals surface area contributed by atoms with E-state index in [1.807, 2.05) is 44.2 Å². The van der Waals surface area contributed by atoms with E-state index in [2.05, 4.69) is 32.1 Å². The number of aromatic nitrogens is 2. The second kappa shape index (κ2) is 10.2. The predicted octanol–water partition coefficient (Wildman–Crippen LogP) is 6.27. The fourth-order valence-corrected chi connectivity index (χ4v) is 3.98. The summed E-state index contributed by atoms with van der Waals surface area (Å²) in [5, 5.41) is 14.8. The molecule has 0 aliphatic rings. The Bertz CT molecular complexity index is 1510. The van der Waals surface area contributed by atoms with Crippen molar-refractivity contribution < 1.29 is 4.74 Å². The summed E-state index contributed by atoms with van der Waals surface area (Å²) in [4.78, 5) is 17.9. The van der Waals surface area contributed by atoms with Gasteiger partial charge in [-0.15, -0.1) is 0 Å². The van der Waals surface area contributed by atoms with E-state index in [4.69, 9.17) is 16.3 Å². The molecule has 0 spiro atoms. The van der Waals surface area contributed by atoms with Crippen LogP contribution in [0.4, 0.5) is 0 Å². The molecule has 6 nitrogen and oxygen atoms in total. The van der Waals surface area contributed by atoms with Crippen molar-refractivity contribution in [1.82, 2.24) is 9.66 Å². The molecule has 0 atom stereocenters. The third-order valence-electron chi connectivity index (χ3n) is 5.15. The molecule has 1 heterocycles. The molecular formula is C26H20BrClN4O2. The van der Waals surface area contributed by atoms with Gasteiger partial charge in [-0.3, -0.25) is 4.79 Å². The van der Waals surface area contributed by atoms with E-state index in [0.717, 1.165) is 10.0 Å². The van der Waals surface area contributed by atoms with Gasteiger partial charge in [-0.25, -0.2) is 4.98 Å². The average molecular weight is 536 g/mol. The summed E-state index contributed by atoms with van der Waals surface area (Å²) >= 11 is 9.64. The number of fused-ring (bicyclic) bond motifs is 1. The third kappa shape index (κ3) is 5.04. The molecule has 0 aliphatic carbocycles. The first-order valence-corrected chi connectivity index (χ1v) is 11.7. The van der Waals surface area contributed by atoms with Crippen LogP contribution in [0.25, 0.3) is 10.9 Å². The Morgan fingerprint density at radius 1 is 1.21 bits per heavy atom. The minimum atomic E-state index is -0.265. The topological polar surface area (TPSA) is 80.3 Å². The van der Waals surface area contributed by atoms with Gasteiger partial charge < -0.3 is 4.74 Å². The van der Waals surface area contributed by atoms with Gasteiger partial charge in [-0.1, -0.05) is 59.6 Å². The zero-order valence-corrected chi connectivity index (χ0v) is 20.8. The quantitative estimate of drug-likeness (QED) is 0.273. The monoisotopic (exact) mass is 534 g/mol. The maximum atomic E-state index is 13.3. The molecule has 0 amide bonds. The average Bonchev–Trinajstić information content (AvgIpc) is 2.83. The summed E-state index contributed by atoms with van der Waals surface area (Å²) < 4.78 is 8.09. The van der Waals surface area contributed by atoms with Crippen molar-refractivity contribution in [2.24, 2.45) is 5.10 Å². The zero-order valence-electron chi connectivity index (χ0n) is 18.5. The van der Waals surface area contributed by atoms with Crippen molar-refractivity contribution >= 4 is 44.6 Å². The second-order valence-corrected chi connectivity index (χ2v) is 9.24. The van der Waals surface area contributed by atoms with Crippen LogP contribution in [-0.2, 0) is 6.61 Å². The molecule has 0 unspecified atom stereocenters. The SMILES string of the molecule is CC(C)c1nc2ccc(Br)cc2c(=O)n1N=Cc1cc(Cl)ccc1OCc1ccccc1C#N. The molecule has 170 valence electrons. The molecule has 0 bridgehead atoms. The molecule has 8 heteroatoms. The molecule has 0 saturated carbocycles. The Hall–Kier alpha value is -3.47. The van der Waals surface area contributed by atoms with E-state index >= 15 is 0 Å². The Morgan fingerprint density at radius 2 is 2.00 bits per heavy atom. The number of hydrogen-bond donors (Lipinski definition) is 0. The summed E-state index contributed by atoms with van der Waals surface area (Å²) in [7, 11) is 0. The first kappa shape index (κ1) is 23.7. The number of halogens is 2. The number of rotatable bonds is 6. The van der Waals surface area contributed by atoms with E-state index in [1.54, 1.807) is 30.3 Å². The fraction of sp³-hybridized carbons (Fsp3) is 0.154. The third-order valence-corrected chi connectivity index (χ3v) is 5.88. The van der Waals surface area contributed by atoms with Gasteiger partial charge in [-0.05, 0) is 42.5 Å². The normalized spacial score (nSPS) is 11.3. The first-order chi connectivity index (χ1) is 16.4. The number of hydrogen-bond acceptors (Lipinski definition) is 5. The highest BCUT2D eigenvalue weighted by Gasteiger charge is 2.14. The summed E-state index contributed by atoms with van der Waals surface area (Å²) in [5.74, 6) is 1.04. The lowest BCUT2D eigenvalue weighted by atomic mass is 10.1. The maximum absolute atomic E-state index is 13.3. The molecule has 0 aliphatic heterocycles. The zero-order chi connectivity index (χ0) is 24.2. The number of benzene rings is 3. The summed E-state index contributed by atoms with van der Waals surface area (Å²) in [6, 6.07) is 20.0. The van der Waals surface area contributed by atoms with Crippen molar-refractivity contribution in [3.63, 3.8) is 0 Å². The highest BCUT2D eigenvalue weighted by molar-refractivity contribution is 9.10. The minimum absolute atomic E-state index is 0.0320. The first-order valence-electron chi connectivity index (χ1n) is 10.5. The van der Waals surface area contributed by atoms with Gasteiger partial charge in [0.25, 0.3) is 5.56 Å². The molecule has 3 aromatic carbocycles. The predicted molar refractivity (Wildman–Crippen MR) is 138 cm³/mol. The lowest BCUT2D eigenvalue weighted by molar-refractivity contribution is 0.305. The van der Waals surface area contributed by atoms with Crippen LogP contribution in [-0.4, -0.2) is 15.9 Å². The van der Waals surface area contributed by atoms with Crippen LogP contribution in [0.3, 0.4) is 0 Å². The Labute approximate surface area is 210 Å². The van der Waals surface area contributed by atoms with Crippen LogP contribution in [0.2, 0.25) is 5.02 Å². The van der Waals surface area contributed by atoms with Crippen LogP contribution < -0.4 is 10.3 Å². The Kier molecular flexibility index (Phi) is 7.11. The van der Waals surface area contributed by atoms with Crippen molar-refractivity contribution in [2.75, 3.05) is 0 Å². The molecule has 0 radical (unpaired) electrons. The smallest absolute Gasteiger partial charge is 0.282 e. The van der Waals surface area contributed by atoms with Crippen LogP contribution in [0.1, 0.15) is 42.3 Å². The van der Waals surface area contributed by atoms with Gasteiger partial charge in [0, 0.05) is 26.5 Å². The molecule has 0 fully saturated rings. The minimum Gasteiger partial charge on any atom is -0.488 e. The van der Waals surface area contributed by atoms with Gasteiger partial charge >= 0.3 is 0 Å². The van der Waals surface area contributed by atoms with E-state index in [9.17, 15) is 10.1 Å². The maximum Gasteiger partial charge on any atom is 0.282 e. The fourth-order valence-electron chi connectivity index (χ4n) is 3.43. The summed E-state index contributed by atoms with van der Waals surface area (Å²) in [5.41, 5.74) is 2.27. The molecule has 4 rings (SSSR count). The van der Waals surface area contributed by atoms with Crippen molar-refractivity contribution in [2.45, 2.75) is 26.4 Å². The summed E-state index contributed by atoms with van der Waals surface area (Å²) in [6.45, 7) is 4.12. The van der Waals surface area contributed by atoms with Crippen LogP contribution in [0, 0.1) is 11.3 Å². The van der Waals surface area contributed by atoms with Crippen molar-refractivity contribution in [1.29, 1.82) is 5.26 Å². The van der Waals surface area contributed by atoms with Crippen molar-refractivity contribution in [3.8, 4) is 11.8 Å². The van der Waals surface area contributed by atoms with Gasteiger partial charge in [-0.2, -0.15) is 15.0 Å². The second-order valence-electron chi connectivity index (χ2n) is 7.89. The van der Waals surface area contributed by atoms with E-state index < -0.39 is 0 Å². The van der Waals surface area contributed by atoms with E-state index in [-0.39, 0.29) is 18.1 Å². The van der Waals surface area contributed by atoms with Gasteiger partial charge in [0.05, 0.1) is 28.8 Å². The van der Waals surface area contributed by atoms with Crippen molar-refractivity contribution in [3.05, 3.63) is 103 Å². The van der Waals surface area contributed by atoms with Gasteiger partial charge in [0.2, 0.25) is 0 Å². The molecule has 0 saturated heterocycles. The molecule has 1 aromatic heterocycles. The molecular weight excluding hydrogens is 516 g/mol. The standard InChI is InChI=1S/C26H20BrClN4O2/c1-16(2)25-31-23-9-7-20(27)12-22(23)26(33)32(25)30-14-19-11-21(28)8-10-24(19)34-15-18-6-4-3-5-17(18)13-29/h3-12,14,16H,15H2,1-2H3. The van der Waals surface area contributed by atoms with E-state index in [1.165, 1.54) is 10.9 Å². The number of ether oxygens (including phenoxy) is 1. The molecule has 4 aromatic rings. The Morgan fingerprint density at radius 3 is 2.76 bits per heavy atom. The molecule has 0 N–H and O–H groups in total. The lowest BCUT2D eigenvalue weighted by Crippen LogP contribution is -2.23. The van der Waals surface area contributed by atoms with Crippen LogP contribution >= 0.6 is 27.5 Å². The molecule has 34 heavy (non-hydrogen) atoms. The summed E-state index contributed by atoms with van der Waals surface area (Å²) in [6.07, 6.45) is 1.54. The van der Waals surface area contributed by atoms with Crippen LogP contribution in [0.15, 0.2) is 75.0 Å². The van der Waals surface area contributed by atoms with Crippen LogP contribution in [0.5, 0.6) is 5.75 Å². The highest BCUT2D eigenvalue weighted by atomic mass is 79.9. The van der Waals surface area contributed by atoms with Gasteiger partial charge in [0.1, 0.15) is 18.2 Å². The number of nitriles is 1. The number of nitrogens with zero attached hydrogens (tertiary/aromatic N) is 4. The lowest BCUT2D eigenvalue weighted by Gasteiger charge is -2.13. The van der Waals surface area contributed by atoms with Gasteiger partial charge in [0.15, 0.2) is 0 Å².